The first-order chi connectivity index (χ1) is 16.0. The summed E-state index contributed by atoms with van der Waals surface area (Å²) in [6.07, 6.45) is 1.48. The fourth-order valence-electron chi connectivity index (χ4n) is 3.59. The molecule has 2 aromatic heterocycles. The van der Waals surface area contributed by atoms with E-state index in [9.17, 15) is 22.0 Å². The van der Waals surface area contributed by atoms with E-state index < -0.39 is 33.0 Å². The lowest BCUT2D eigenvalue weighted by atomic mass is 10.0. The predicted octanol–water partition coefficient (Wildman–Crippen LogP) is 3.84. The maximum atomic E-state index is 14.9. The van der Waals surface area contributed by atoms with E-state index in [1.807, 2.05) is 13.8 Å². The van der Waals surface area contributed by atoms with Gasteiger partial charge in [-0.1, -0.05) is 18.2 Å². The summed E-state index contributed by atoms with van der Waals surface area (Å²) in [6.45, 7) is 3.62. The summed E-state index contributed by atoms with van der Waals surface area (Å²) in [5, 5.41) is 0.544. The molecule has 0 saturated carbocycles. The normalized spacial score (nSPS) is 11.8. The van der Waals surface area contributed by atoms with Gasteiger partial charge in [0.25, 0.3) is 5.56 Å². The Kier molecular flexibility index (Phi) is 6.05. The van der Waals surface area contributed by atoms with Crippen molar-refractivity contribution in [2.45, 2.75) is 25.6 Å². The van der Waals surface area contributed by atoms with Crippen LogP contribution in [0, 0.1) is 11.6 Å². The van der Waals surface area contributed by atoms with Crippen LogP contribution in [0.2, 0.25) is 0 Å². The van der Waals surface area contributed by atoms with Gasteiger partial charge in [0, 0.05) is 23.2 Å². The molecule has 0 aliphatic carbocycles. The molecule has 8 nitrogen and oxygen atoms in total. The Morgan fingerprint density at radius 1 is 1.09 bits per heavy atom. The number of rotatable bonds is 6. The lowest BCUT2D eigenvalue weighted by Gasteiger charge is -2.16. The Bertz CT molecular complexity index is 1550. The van der Waals surface area contributed by atoms with Crippen molar-refractivity contribution in [1.82, 2.24) is 14.5 Å². The second-order valence-corrected chi connectivity index (χ2v) is 9.74. The molecule has 0 aliphatic heterocycles. The van der Waals surface area contributed by atoms with E-state index in [-0.39, 0.29) is 28.8 Å². The number of halogens is 2. The zero-order chi connectivity index (χ0) is 24.6. The van der Waals surface area contributed by atoms with Gasteiger partial charge in [-0.05, 0) is 55.3 Å². The lowest BCUT2D eigenvalue weighted by Crippen LogP contribution is -2.25. The van der Waals surface area contributed by atoms with E-state index in [1.54, 1.807) is 6.07 Å². The molecule has 0 unspecified atom stereocenters. The first-order valence-corrected chi connectivity index (χ1v) is 11.9. The van der Waals surface area contributed by atoms with Gasteiger partial charge in [0.2, 0.25) is 16.0 Å². The molecule has 0 aliphatic rings. The van der Waals surface area contributed by atoms with Crippen LogP contribution >= 0.6 is 0 Å². The number of nitrogen functional groups attached to an aromatic ring is 1. The molecule has 2 aromatic carbocycles. The van der Waals surface area contributed by atoms with Crippen molar-refractivity contribution >= 4 is 32.7 Å². The van der Waals surface area contributed by atoms with E-state index >= 15 is 0 Å². The monoisotopic (exact) mass is 485 g/mol. The molecule has 34 heavy (non-hydrogen) atoms. The van der Waals surface area contributed by atoms with Crippen molar-refractivity contribution in [3.05, 3.63) is 82.3 Å². The molecule has 0 bridgehead atoms. The van der Waals surface area contributed by atoms with Crippen molar-refractivity contribution in [2.75, 3.05) is 10.5 Å². The number of pyridine rings is 1. The van der Waals surface area contributed by atoms with Gasteiger partial charge in [-0.15, -0.1) is 0 Å². The zero-order valence-corrected chi connectivity index (χ0v) is 19.1. The predicted molar refractivity (Wildman–Crippen MR) is 127 cm³/mol. The quantitative estimate of drug-likeness (QED) is 0.428. The van der Waals surface area contributed by atoms with Crippen LogP contribution in [0.5, 0.6) is 0 Å². The average molecular weight is 486 g/mol. The maximum Gasteiger partial charge on any atom is 0.260 e. The smallest absolute Gasteiger partial charge is 0.260 e. The first kappa shape index (κ1) is 23.3. The molecule has 0 spiro atoms. The highest BCUT2D eigenvalue weighted by Crippen LogP contribution is 2.26. The van der Waals surface area contributed by atoms with Gasteiger partial charge >= 0.3 is 0 Å². The third kappa shape index (κ3) is 4.74. The SMILES string of the molecule is CC(C)n1c(=O)c(-c2ccc(NS(=O)(=O)Cc3ccc(F)cc3)c(F)c2)cc2cnc(N)nc21. The summed E-state index contributed by atoms with van der Waals surface area (Å²) in [5.41, 5.74) is 6.18. The van der Waals surface area contributed by atoms with Crippen molar-refractivity contribution in [3.8, 4) is 11.1 Å². The van der Waals surface area contributed by atoms with Crippen LogP contribution in [-0.4, -0.2) is 23.0 Å². The Labute approximate surface area is 194 Å². The Morgan fingerprint density at radius 3 is 2.44 bits per heavy atom. The summed E-state index contributed by atoms with van der Waals surface area (Å²) in [4.78, 5) is 21.3. The number of nitrogens with one attached hydrogen (secondary N) is 1. The highest BCUT2D eigenvalue weighted by Gasteiger charge is 2.18. The number of nitrogens with two attached hydrogens (primary N) is 1. The summed E-state index contributed by atoms with van der Waals surface area (Å²) in [7, 11) is -3.97. The van der Waals surface area contributed by atoms with E-state index in [2.05, 4.69) is 14.7 Å². The minimum atomic E-state index is -3.97. The number of benzene rings is 2. The number of hydrogen-bond acceptors (Lipinski definition) is 6. The molecule has 0 fully saturated rings. The molecule has 0 amide bonds. The second-order valence-electron chi connectivity index (χ2n) is 8.02. The Balaban J connectivity index is 1.70. The van der Waals surface area contributed by atoms with Gasteiger partial charge < -0.3 is 5.73 Å². The van der Waals surface area contributed by atoms with Gasteiger partial charge in [0.05, 0.1) is 11.4 Å². The lowest BCUT2D eigenvalue weighted by molar-refractivity contribution is 0.595. The van der Waals surface area contributed by atoms with Crippen molar-refractivity contribution in [2.24, 2.45) is 0 Å². The van der Waals surface area contributed by atoms with Crippen LogP contribution in [0.4, 0.5) is 20.4 Å². The summed E-state index contributed by atoms with van der Waals surface area (Å²) in [6, 6.07) is 10.0. The highest BCUT2D eigenvalue weighted by molar-refractivity contribution is 7.91. The molecular weight excluding hydrogens is 464 g/mol. The number of hydrogen-bond donors (Lipinski definition) is 2. The van der Waals surface area contributed by atoms with Gasteiger partial charge in [-0.2, -0.15) is 4.98 Å². The van der Waals surface area contributed by atoms with Crippen LogP contribution in [0.25, 0.3) is 22.2 Å². The third-order valence-corrected chi connectivity index (χ3v) is 6.37. The Morgan fingerprint density at radius 2 is 1.79 bits per heavy atom. The number of anilines is 2. The molecule has 11 heteroatoms. The largest absolute Gasteiger partial charge is 0.368 e. The van der Waals surface area contributed by atoms with Crippen molar-refractivity contribution < 1.29 is 17.2 Å². The molecule has 0 saturated heterocycles. The fourth-order valence-corrected chi connectivity index (χ4v) is 4.79. The number of nitrogens with zero attached hydrogens (tertiary/aromatic N) is 3. The maximum absolute atomic E-state index is 14.9. The van der Waals surface area contributed by atoms with Crippen molar-refractivity contribution in [3.63, 3.8) is 0 Å². The molecule has 0 radical (unpaired) electrons. The third-order valence-electron chi connectivity index (χ3n) is 5.12. The molecule has 4 rings (SSSR count). The number of fused-ring (bicyclic) bond motifs is 1. The summed E-state index contributed by atoms with van der Waals surface area (Å²) in [5.74, 6) is -1.78. The molecule has 4 aromatic rings. The number of aromatic nitrogens is 3. The van der Waals surface area contributed by atoms with Gasteiger partial charge in [-0.3, -0.25) is 14.1 Å². The Hall–Kier alpha value is -3.86. The average Bonchev–Trinajstić information content (AvgIpc) is 2.76. The number of sulfonamides is 1. The van der Waals surface area contributed by atoms with Crippen molar-refractivity contribution in [1.29, 1.82) is 0 Å². The minimum Gasteiger partial charge on any atom is -0.368 e. The minimum absolute atomic E-state index is 0.0253. The van der Waals surface area contributed by atoms with Gasteiger partial charge in [-0.25, -0.2) is 22.2 Å². The van der Waals surface area contributed by atoms with E-state index in [0.717, 1.165) is 18.2 Å². The molecular formula is C23H21F2N5O3S. The highest BCUT2D eigenvalue weighted by atomic mass is 32.2. The van der Waals surface area contributed by atoms with E-state index in [0.29, 0.717) is 16.6 Å². The van der Waals surface area contributed by atoms with Gasteiger partial charge in [0.1, 0.15) is 17.3 Å². The molecule has 176 valence electrons. The van der Waals surface area contributed by atoms with Crippen LogP contribution in [0.1, 0.15) is 25.5 Å². The summed E-state index contributed by atoms with van der Waals surface area (Å²) >= 11 is 0. The topological polar surface area (TPSA) is 120 Å². The fraction of sp³-hybridized carbons (Fsp3) is 0.174. The molecule has 0 atom stereocenters. The van der Waals surface area contributed by atoms with Crippen LogP contribution < -0.4 is 16.0 Å². The molecule has 2 heterocycles. The molecule has 3 N–H and O–H groups in total. The standard InChI is InChI=1S/C23H21F2N5O3S/c1-13(2)30-21-16(11-27-23(26)28-21)9-18(22(30)31)15-5-8-20(19(25)10-15)29-34(32,33)12-14-3-6-17(24)7-4-14/h3-11,13,29H,12H2,1-2H3,(H2,26,27,28). The van der Waals surface area contributed by atoms with E-state index in [1.165, 1.54) is 35.0 Å². The zero-order valence-electron chi connectivity index (χ0n) is 18.3. The van der Waals surface area contributed by atoms with Crippen LogP contribution in [0.15, 0.2) is 59.5 Å². The van der Waals surface area contributed by atoms with Gasteiger partial charge in [0.15, 0.2) is 0 Å². The van der Waals surface area contributed by atoms with E-state index in [4.69, 9.17) is 5.73 Å². The van der Waals surface area contributed by atoms with Crippen LogP contribution in [-0.2, 0) is 15.8 Å². The van der Waals surface area contributed by atoms with Crippen LogP contribution in [0.3, 0.4) is 0 Å². The first-order valence-electron chi connectivity index (χ1n) is 10.3. The summed E-state index contributed by atoms with van der Waals surface area (Å²) < 4.78 is 56.5. The second kappa shape index (κ2) is 8.82.